The van der Waals surface area contributed by atoms with E-state index in [4.69, 9.17) is 4.74 Å². The molecule has 0 N–H and O–H groups in total. The van der Waals surface area contributed by atoms with Crippen LogP contribution in [0.2, 0.25) is 0 Å². The number of rotatable bonds is 8. The lowest BCUT2D eigenvalue weighted by Crippen LogP contribution is -2.35. The molecule has 100 valence electrons. The maximum atomic E-state index is 12.0. The van der Waals surface area contributed by atoms with Gasteiger partial charge in [-0.3, -0.25) is 4.79 Å². The third kappa shape index (κ3) is 5.87. The summed E-state index contributed by atoms with van der Waals surface area (Å²) in [5.41, 5.74) is 0. The molecule has 3 nitrogen and oxygen atoms in total. The second-order valence-corrected chi connectivity index (χ2v) is 5.54. The highest BCUT2D eigenvalue weighted by molar-refractivity contribution is 9.09. The molecule has 1 saturated carbocycles. The van der Waals surface area contributed by atoms with Crippen molar-refractivity contribution in [2.45, 2.75) is 38.5 Å². The van der Waals surface area contributed by atoms with E-state index < -0.39 is 0 Å². The van der Waals surface area contributed by atoms with E-state index in [9.17, 15) is 4.79 Å². The van der Waals surface area contributed by atoms with Crippen LogP contribution in [0.4, 0.5) is 0 Å². The smallest absolute Gasteiger partial charge is 0.222 e. The monoisotopic (exact) mass is 305 g/mol. The van der Waals surface area contributed by atoms with Crippen LogP contribution < -0.4 is 0 Å². The molecule has 0 saturated heterocycles. The van der Waals surface area contributed by atoms with Gasteiger partial charge in [-0.05, 0) is 12.3 Å². The van der Waals surface area contributed by atoms with Crippen molar-refractivity contribution < 1.29 is 9.53 Å². The Morgan fingerprint density at radius 2 is 2.06 bits per heavy atom. The molecular weight excluding hydrogens is 282 g/mol. The van der Waals surface area contributed by atoms with Crippen molar-refractivity contribution in [1.82, 2.24) is 4.90 Å². The molecule has 17 heavy (non-hydrogen) atoms. The first-order chi connectivity index (χ1) is 8.27. The van der Waals surface area contributed by atoms with E-state index in [2.05, 4.69) is 15.9 Å². The zero-order chi connectivity index (χ0) is 12.5. The minimum atomic E-state index is 0.286. The quantitative estimate of drug-likeness (QED) is 0.645. The Morgan fingerprint density at radius 3 is 2.65 bits per heavy atom. The van der Waals surface area contributed by atoms with E-state index in [0.717, 1.165) is 24.2 Å². The molecule has 0 heterocycles. The molecule has 0 aromatic carbocycles. The van der Waals surface area contributed by atoms with Crippen molar-refractivity contribution in [2.75, 3.05) is 32.1 Å². The average Bonchev–Trinajstić information content (AvgIpc) is 2.84. The lowest BCUT2D eigenvalue weighted by atomic mass is 10.0. The number of nitrogens with zero attached hydrogens (tertiary/aromatic N) is 1. The maximum Gasteiger partial charge on any atom is 0.222 e. The van der Waals surface area contributed by atoms with Crippen LogP contribution in [0.25, 0.3) is 0 Å². The fourth-order valence-corrected chi connectivity index (χ4v) is 2.88. The van der Waals surface area contributed by atoms with Crippen LogP contribution in [0, 0.1) is 5.92 Å². The standard InChI is InChI=1S/C13H24BrNO2/c1-17-11-10-15(9-8-14)13(16)7-6-12-4-2-3-5-12/h12H,2-11H2,1H3. The Hall–Kier alpha value is -0.0900. The number of carbonyl (C=O) groups is 1. The van der Waals surface area contributed by atoms with Gasteiger partial charge >= 0.3 is 0 Å². The lowest BCUT2D eigenvalue weighted by Gasteiger charge is -2.22. The zero-order valence-corrected chi connectivity index (χ0v) is 12.4. The van der Waals surface area contributed by atoms with Gasteiger partial charge in [-0.1, -0.05) is 41.6 Å². The maximum absolute atomic E-state index is 12.0. The third-order valence-corrected chi connectivity index (χ3v) is 3.87. The molecule has 0 aliphatic heterocycles. The fraction of sp³-hybridized carbons (Fsp3) is 0.923. The second-order valence-electron chi connectivity index (χ2n) is 4.75. The van der Waals surface area contributed by atoms with Gasteiger partial charge in [0, 0.05) is 32.0 Å². The summed E-state index contributed by atoms with van der Waals surface area (Å²) in [6.07, 6.45) is 7.14. The van der Waals surface area contributed by atoms with Gasteiger partial charge in [0.2, 0.25) is 5.91 Å². The molecule has 0 aromatic rings. The molecule has 0 aromatic heterocycles. The van der Waals surface area contributed by atoms with Crippen molar-refractivity contribution in [3.05, 3.63) is 0 Å². The minimum absolute atomic E-state index is 0.286. The predicted octanol–water partition coefficient (Wildman–Crippen LogP) is 2.83. The Kier molecular flexibility index (Phi) is 7.86. The largest absolute Gasteiger partial charge is 0.383 e. The summed E-state index contributed by atoms with van der Waals surface area (Å²) in [7, 11) is 1.68. The highest BCUT2D eigenvalue weighted by Crippen LogP contribution is 2.28. The van der Waals surface area contributed by atoms with E-state index in [0.29, 0.717) is 19.6 Å². The number of hydrogen-bond acceptors (Lipinski definition) is 2. The van der Waals surface area contributed by atoms with Crippen LogP contribution in [0.5, 0.6) is 0 Å². The number of carbonyl (C=O) groups excluding carboxylic acids is 1. The molecule has 1 aliphatic carbocycles. The van der Waals surface area contributed by atoms with Gasteiger partial charge in [0.15, 0.2) is 0 Å². The summed E-state index contributed by atoms with van der Waals surface area (Å²) < 4.78 is 5.04. The number of halogens is 1. The van der Waals surface area contributed by atoms with E-state index in [1.54, 1.807) is 7.11 Å². The Bertz CT molecular complexity index is 217. The van der Waals surface area contributed by atoms with Crippen molar-refractivity contribution in [2.24, 2.45) is 5.92 Å². The third-order valence-electron chi connectivity index (χ3n) is 3.51. The number of hydrogen-bond donors (Lipinski definition) is 0. The van der Waals surface area contributed by atoms with Gasteiger partial charge in [0.25, 0.3) is 0 Å². The summed E-state index contributed by atoms with van der Waals surface area (Å²) in [6.45, 7) is 2.13. The van der Waals surface area contributed by atoms with Gasteiger partial charge in [0.05, 0.1) is 6.61 Å². The first-order valence-electron chi connectivity index (χ1n) is 6.60. The zero-order valence-electron chi connectivity index (χ0n) is 10.8. The number of ether oxygens (including phenoxy) is 1. The average molecular weight is 306 g/mol. The van der Waals surface area contributed by atoms with Gasteiger partial charge in [-0.25, -0.2) is 0 Å². The van der Waals surface area contributed by atoms with Crippen LogP contribution in [0.3, 0.4) is 0 Å². The van der Waals surface area contributed by atoms with Crippen molar-refractivity contribution >= 4 is 21.8 Å². The molecule has 1 aliphatic rings. The predicted molar refractivity (Wildman–Crippen MR) is 73.4 cm³/mol. The van der Waals surface area contributed by atoms with Gasteiger partial charge in [-0.15, -0.1) is 0 Å². The molecular formula is C13H24BrNO2. The van der Waals surface area contributed by atoms with Crippen LogP contribution >= 0.6 is 15.9 Å². The number of methoxy groups -OCH3 is 1. The van der Waals surface area contributed by atoms with E-state index in [1.807, 2.05) is 4.90 Å². The minimum Gasteiger partial charge on any atom is -0.383 e. The molecule has 0 radical (unpaired) electrons. The second kappa shape index (κ2) is 8.92. The summed E-state index contributed by atoms with van der Waals surface area (Å²) in [5, 5.41) is 0.839. The van der Waals surface area contributed by atoms with Gasteiger partial charge in [0.1, 0.15) is 0 Å². The number of alkyl halides is 1. The highest BCUT2D eigenvalue weighted by Gasteiger charge is 2.18. The van der Waals surface area contributed by atoms with Crippen LogP contribution in [-0.4, -0.2) is 42.9 Å². The molecule has 0 unspecified atom stereocenters. The van der Waals surface area contributed by atoms with Crippen LogP contribution in [0.1, 0.15) is 38.5 Å². The van der Waals surface area contributed by atoms with Crippen LogP contribution in [-0.2, 0) is 9.53 Å². The van der Waals surface area contributed by atoms with Crippen LogP contribution in [0.15, 0.2) is 0 Å². The summed E-state index contributed by atoms with van der Waals surface area (Å²) >= 11 is 3.39. The van der Waals surface area contributed by atoms with Gasteiger partial charge < -0.3 is 9.64 Å². The lowest BCUT2D eigenvalue weighted by molar-refractivity contribution is -0.131. The van der Waals surface area contributed by atoms with E-state index >= 15 is 0 Å². The Labute approximate surface area is 113 Å². The Morgan fingerprint density at radius 1 is 1.35 bits per heavy atom. The molecule has 0 atom stereocenters. The molecule has 1 rings (SSSR count). The molecule has 1 fully saturated rings. The first-order valence-corrected chi connectivity index (χ1v) is 7.72. The van der Waals surface area contributed by atoms with Gasteiger partial charge in [-0.2, -0.15) is 0 Å². The summed E-state index contributed by atoms with van der Waals surface area (Å²) in [4.78, 5) is 14.0. The van der Waals surface area contributed by atoms with Crippen molar-refractivity contribution in [1.29, 1.82) is 0 Å². The molecule has 0 bridgehead atoms. The fourth-order valence-electron chi connectivity index (χ4n) is 2.45. The number of amides is 1. The topological polar surface area (TPSA) is 29.5 Å². The molecule has 1 amide bonds. The normalized spacial score (nSPS) is 16.4. The Balaban J connectivity index is 2.24. The molecule has 4 heteroatoms. The van der Waals surface area contributed by atoms with Crippen molar-refractivity contribution in [3.63, 3.8) is 0 Å². The summed E-state index contributed by atoms with van der Waals surface area (Å²) in [5.74, 6) is 1.08. The highest BCUT2D eigenvalue weighted by atomic mass is 79.9. The van der Waals surface area contributed by atoms with E-state index in [1.165, 1.54) is 25.7 Å². The first kappa shape index (κ1) is 15.0. The van der Waals surface area contributed by atoms with Crippen molar-refractivity contribution in [3.8, 4) is 0 Å². The molecule has 0 spiro atoms. The summed E-state index contributed by atoms with van der Waals surface area (Å²) in [6, 6.07) is 0. The van der Waals surface area contributed by atoms with E-state index in [-0.39, 0.29) is 5.91 Å². The SMILES string of the molecule is COCCN(CCBr)C(=O)CCC1CCCC1.